The van der Waals surface area contributed by atoms with Crippen molar-refractivity contribution >= 4 is 5.91 Å². The fraction of sp³-hybridized carbons (Fsp3) is 0.611. The fourth-order valence-corrected chi connectivity index (χ4v) is 3.45. The van der Waals surface area contributed by atoms with Crippen molar-refractivity contribution < 1.29 is 18.3 Å². The molecule has 5 nitrogen and oxygen atoms in total. The topological polar surface area (TPSA) is 53.6 Å². The van der Waals surface area contributed by atoms with Gasteiger partial charge in [0.25, 0.3) is 0 Å². The molecule has 0 saturated carbocycles. The summed E-state index contributed by atoms with van der Waals surface area (Å²) in [6.45, 7) is 5.44. The van der Waals surface area contributed by atoms with Crippen LogP contribution in [0.3, 0.4) is 0 Å². The molecule has 2 aliphatic heterocycles. The second kappa shape index (κ2) is 8.21. The van der Waals surface area contributed by atoms with Crippen molar-refractivity contribution in [2.45, 2.75) is 44.5 Å². The molecule has 2 atom stereocenters. The Morgan fingerprint density at radius 2 is 2.08 bits per heavy atom. The lowest BCUT2D eigenvalue weighted by Crippen LogP contribution is -2.58. The number of hydrogen-bond donors (Lipinski definition) is 2. The van der Waals surface area contributed by atoms with Gasteiger partial charge in [0.15, 0.2) is 11.6 Å². The van der Waals surface area contributed by atoms with E-state index in [9.17, 15) is 13.6 Å². The number of piperidine rings is 1. The van der Waals surface area contributed by atoms with Crippen molar-refractivity contribution in [2.24, 2.45) is 0 Å². The molecule has 2 aliphatic rings. The minimum absolute atomic E-state index is 0.00810. The summed E-state index contributed by atoms with van der Waals surface area (Å²) in [5.74, 6) is -1.64. The van der Waals surface area contributed by atoms with Crippen LogP contribution in [0.5, 0.6) is 0 Å². The van der Waals surface area contributed by atoms with Gasteiger partial charge >= 0.3 is 0 Å². The van der Waals surface area contributed by atoms with E-state index in [4.69, 9.17) is 4.74 Å². The summed E-state index contributed by atoms with van der Waals surface area (Å²) in [4.78, 5) is 14.6. The van der Waals surface area contributed by atoms with Gasteiger partial charge in [-0.1, -0.05) is 6.07 Å². The number of halogens is 2. The summed E-state index contributed by atoms with van der Waals surface area (Å²) >= 11 is 0. The van der Waals surface area contributed by atoms with Crippen molar-refractivity contribution in [2.75, 3.05) is 26.2 Å². The summed E-state index contributed by atoms with van der Waals surface area (Å²) < 4.78 is 31.8. The van der Waals surface area contributed by atoms with Gasteiger partial charge in [-0.2, -0.15) is 0 Å². The summed E-state index contributed by atoms with van der Waals surface area (Å²) in [5.41, 5.74) is 0.763. The van der Waals surface area contributed by atoms with Gasteiger partial charge in [0.05, 0.1) is 12.7 Å². The lowest BCUT2D eigenvalue weighted by molar-refractivity contribution is -0.130. The van der Waals surface area contributed by atoms with Crippen LogP contribution in [-0.2, 0) is 16.1 Å². The second-order valence-corrected chi connectivity index (χ2v) is 6.82. The number of ether oxygens (including phenoxy) is 1. The quantitative estimate of drug-likeness (QED) is 0.860. The highest BCUT2D eigenvalue weighted by molar-refractivity contribution is 5.82. The van der Waals surface area contributed by atoms with Crippen LogP contribution >= 0.6 is 0 Å². The zero-order valence-corrected chi connectivity index (χ0v) is 14.4. The highest BCUT2D eigenvalue weighted by Crippen LogP contribution is 2.16. The van der Waals surface area contributed by atoms with Crippen LogP contribution in [-0.4, -0.2) is 55.2 Å². The molecule has 3 rings (SSSR count). The molecule has 0 unspecified atom stereocenters. The van der Waals surface area contributed by atoms with E-state index in [2.05, 4.69) is 15.5 Å². The molecule has 0 spiro atoms. The number of benzene rings is 1. The number of likely N-dealkylation sites (tertiary alicyclic amines) is 1. The molecule has 138 valence electrons. The van der Waals surface area contributed by atoms with Crippen molar-refractivity contribution in [1.29, 1.82) is 0 Å². The molecule has 25 heavy (non-hydrogen) atoms. The van der Waals surface area contributed by atoms with Crippen LogP contribution in [0.1, 0.15) is 25.3 Å². The lowest BCUT2D eigenvalue weighted by Gasteiger charge is -2.35. The maximum Gasteiger partial charge on any atom is 0.240 e. The molecule has 2 N–H and O–H groups in total. The van der Waals surface area contributed by atoms with Crippen LogP contribution in [0.4, 0.5) is 8.78 Å². The van der Waals surface area contributed by atoms with E-state index in [1.165, 1.54) is 6.07 Å². The van der Waals surface area contributed by atoms with Crippen molar-refractivity contribution in [3.05, 3.63) is 35.4 Å². The van der Waals surface area contributed by atoms with Gasteiger partial charge in [0.1, 0.15) is 6.04 Å². The zero-order valence-electron chi connectivity index (χ0n) is 14.4. The zero-order chi connectivity index (χ0) is 17.8. The normalized spacial score (nSPS) is 25.7. The highest BCUT2D eigenvalue weighted by atomic mass is 19.2. The summed E-state index contributed by atoms with van der Waals surface area (Å²) in [6.07, 6.45) is 1.57. The molecular formula is C18H25F2N3O2. The lowest BCUT2D eigenvalue weighted by atomic mass is 10.0. The third-order valence-electron chi connectivity index (χ3n) is 4.92. The molecule has 0 aromatic heterocycles. The third-order valence-corrected chi connectivity index (χ3v) is 4.92. The van der Waals surface area contributed by atoms with Crippen LogP contribution in [0.2, 0.25) is 0 Å². The second-order valence-electron chi connectivity index (χ2n) is 6.82. The monoisotopic (exact) mass is 353 g/mol. The van der Waals surface area contributed by atoms with Crippen LogP contribution < -0.4 is 10.6 Å². The van der Waals surface area contributed by atoms with E-state index in [1.54, 1.807) is 6.07 Å². The largest absolute Gasteiger partial charge is 0.375 e. The van der Waals surface area contributed by atoms with E-state index in [0.717, 1.165) is 37.6 Å². The average Bonchev–Trinajstić information content (AvgIpc) is 2.60. The number of carbonyl (C=O) groups excluding carboxylic acids is 1. The number of nitrogens with one attached hydrogen (secondary N) is 2. The number of rotatable bonds is 4. The maximum absolute atomic E-state index is 13.3. The van der Waals surface area contributed by atoms with Crippen LogP contribution in [0.15, 0.2) is 18.2 Å². The maximum atomic E-state index is 13.3. The van der Waals surface area contributed by atoms with E-state index < -0.39 is 11.6 Å². The predicted octanol–water partition coefficient (Wildman–Crippen LogP) is 1.42. The number of morpholine rings is 1. The SMILES string of the molecule is C[C@H]1OCCN[C@@H]1C(=O)NC1CCN(Cc2ccc(F)c(F)c2)CC1. The van der Waals surface area contributed by atoms with Gasteiger partial charge in [-0.05, 0) is 37.5 Å². The molecule has 1 aromatic rings. The molecule has 2 saturated heterocycles. The first kappa shape index (κ1) is 18.2. The number of hydrogen-bond acceptors (Lipinski definition) is 4. The van der Waals surface area contributed by atoms with Gasteiger partial charge < -0.3 is 15.4 Å². The van der Waals surface area contributed by atoms with Gasteiger partial charge in [0, 0.05) is 32.2 Å². The van der Waals surface area contributed by atoms with Crippen LogP contribution in [0, 0.1) is 11.6 Å². The summed E-state index contributed by atoms with van der Waals surface area (Å²) in [6, 6.07) is 3.87. The Labute approximate surface area is 146 Å². The molecule has 1 aromatic carbocycles. The van der Waals surface area contributed by atoms with Gasteiger partial charge in [-0.25, -0.2) is 8.78 Å². The van der Waals surface area contributed by atoms with Crippen molar-refractivity contribution in [3.8, 4) is 0 Å². The Kier molecular flexibility index (Phi) is 5.98. The third kappa shape index (κ3) is 4.74. The van der Waals surface area contributed by atoms with Crippen LogP contribution in [0.25, 0.3) is 0 Å². The molecule has 0 aliphatic carbocycles. The first-order valence-electron chi connectivity index (χ1n) is 8.84. The Balaban J connectivity index is 1.45. The van der Waals surface area contributed by atoms with Gasteiger partial charge in [-0.15, -0.1) is 0 Å². The average molecular weight is 353 g/mol. The molecule has 2 heterocycles. The Bertz CT molecular complexity index is 606. The highest BCUT2D eigenvalue weighted by Gasteiger charge is 2.30. The number of amides is 1. The number of carbonyl (C=O) groups is 1. The van der Waals surface area contributed by atoms with E-state index >= 15 is 0 Å². The van der Waals surface area contributed by atoms with Crippen molar-refractivity contribution in [3.63, 3.8) is 0 Å². The van der Waals surface area contributed by atoms with E-state index in [0.29, 0.717) is 19.7 Å². The van der Waals surface area contributed by atoms with E-state index in [-0.39, 0.29) is 24.1 Å². The Morgan fingerprint density at radius 1 is 1.32 bits per heavy atom. The van der Waals surface area contributed by atoms with Gasteiger partial charge in [0.2, 0.25) is 5.91 Å². The molecule has 0 bridgehead atoms. The van der Waals surface area contributed by atoms with E-state index in [1.807, 2.05) is 6.92 Å². The predicted molar refractivity (Wildman–Crippen MR) is 90.0 cm³/mol. The first-order chi connectivity index (χ1) is 12.0. The minimum atomic E-state index is -0.820. The summed E-state index contributed by atoms with van der Waals surface area (Å²) in [5, 5.41) is 6.30. The molecular weight excluding hydrogens is 328 g/mol. The smallest absolute Gasteiger partial charge is 0.240 e. The number of nitrogens with zero attached hydrogens (tertiary/aromatic N) is 1. The first-order valence-corrected chi connectivity index (χ1v) is 8.84. The minimum Gasteiger partial charge on any atom is -0.375 e. The summed E-state index contributed by atoms with van der Waals surface area (Å²) in [7, 11) is 0. The standard InChI is InChI=1S/C18H25F2N3O2/c1-12-17(21-6-9-25-12)18(24)22-14-4-7-23(8-5-14)11-13-2-3-15(19)16(20)10-13/h2-3,10,12,14,17,21H,4-9,11H2,1H3,(H,22,24)/t12-,17+/m1/s1. The molecule has 7 heteroatoms. The Morgan fingerprint density at radius 3 is 2.76 bits per heavy atom. The van der Waals surface area contributed by atoms with Gasteiger partial charge in [-0.3, -0.25) is 9.69 Å². The molecule has 1 amide bonds. The van der Waals surface area contributed by atoms with Crippen molar-refractivity contribution in [1.82, 2.24) is 15.5 Å². The fourth-order valence-electron chi connectivity index (χ4n) is 3.45. The molecule has 2 fully saturated rings. The Hall–Kier alpha value is -1.57. The molecule has 0 radical (unpaired) electrons.